The second-order valence-electron chi connectivity index (χ2n) is 4.66. The smallest absolute Gasteiger partial charge is 0.320 e. The summed E-state index contributed by atoms with van der Waals surface area (Å²) >= 11 is 0. The van der Waals surface area contributed by atoms with Crippen molar-refractivity contribution in [2.75, 3.05) is 26.8 Å². The quantitative estimate of drug-likeness (QED) is 0.688. The molecule has 0 unspecified atom stereocenters. The predicted octanol–water partition coefficient (Wildman–Crippen LogP) is 2.34. The van der Waals surface area contributed by atoms with Crippen LogP contribution in [0.3, 0.4) is 0 Å². The summed E-state index contributed by atoms with van der Waals surface area (Å²) < 4.78 is 10.1. The lowest BCUT2D eigenvalue weighted by Gasteiger charge is -2.21. The van der Waals surface area contributed by atoms with Crippen LogP contribution in [0, 0.1) is 11.3 Å². The Bertz CT molecular complexity index is 509. The third-order valence-electron chi connectivity index (χ3n) is 2.99. The molecule has 0 spiro atoms. The Morgan fingerprint density at radius 2 is 2.14 bits per heavy atom. The Hall–Kier alpha value is -2.06. The van der Waals surface area contributed by atoms with Crippen molar-refractivity contribution in [3.63, 3.8) is 0 Å². The number of hydrogen-bond donors (Lipinski definition) is 0. The van der Waals surface area contributed by atoms with Gasteiger partial charge >= 0.3 is 5.97 Å². The summed E-state index contributed by atoms with van der Waals surface area (Å²) in [6.07, 6.45) is 0.945. The molecule has 0 bridgehead atoms. The van der Waals surface area contributed by atoms with Gasteiger partial charge in [-0.2, -0.15) is 5.26 Å². The van der Waals surface area contributed by atoms with E-state index in [2.05, 4.69) is 13.0 Å². The zero-order valence-electron chi connectivity index (χ0n) is 12.9. The molecule has 1 aromatic carbocycles. The lowest BCUT2D eigenvalue weighted by molar-refractivity contribution is -0.144. The third kappa shape index (κ3) is 5.44. The number of nitriles is 1. The monoisotopic (exact) mass is 290 g/mol. The number of benzene rings is 1. The van der Waals surface area contributed by atoms with Crippen LogP contribution in [0.25, 0.3) is 0 Å². The van der Waals surface area contributed by atoms with Crippen LogP contribution in [-0.2, 0) is 16.1 Å². The van der Waals surface area contributed by atoms with E-state index in [4.69, 9.17) is 14.7 Å². The fourth-order valence-corrected chi connectivity index (χ4v) is 2.12. The summed E-state index contributed by atoms with van der Waals surface area (Å²) in [6.45, 7) is 5.91. The summed E-state index contributed by atoms with van der Waals surface area (Å²) in [5.74, 6) is 0.341. The maximum absolute atomic E-state index is 11.6. The second kappa shape index (κ2) is 8.98. The highest BCUT2D eigenvalue weighted by molar-refractivity contribution is 5.71. The minimum Gasteiger partial charge on any atom is -0.495 e. The average molecular weight is 290 g/mol. The molecular weight excluding hydrogens is 268 g/mol. The van der Waals surface area contributed by atoms with E-state index in [0.717, 1.165) is 18.5 Å². The summed E-state index contributed by atoms with van der Waals surface area (Å²) in [4.78, 5) is 13.6. The largest absolute Gasteiger partial charge is 0.495 e. The number of carbonyl (C=O) groups excluding carboxylic acids is 1. The molecule has 1 aromatic rings. The number of carbonyl (C=O) groups is 1. The minimum atomic E-state index is -0.222. The van der Waals surface area contributed by atoms with Crippen molar-refractivity contribution in [1.82, 2.24) is 4.90 Å². The highest BCUT2D eigenvalue weighted by atomic mass is 16.5. The van der Waals surface area contributed by atoms with Crippen LogP contribution in [0.1, 0.15) is 31.4 Å². The first-order valence-corrected chi connectivity index (χ1v) is 7.09. The number of methoxy groups -OCH3 is 1. The van der Waals surface area contributed by atoms with Crippen LogP contribution in [0.15, 0.2) is 18.2 Å². The van der Waals surface area contributed by atoms with Gasteiger partial charge in [-0.3, -0.25) is 9.69 Å². The minimum absolute atomic E-state index is 0.222. The summed E-state index contributed by atoms with van der Waals surface area (Å²) in [6, 6.07) is 7.61. The number of ether oxygens (including phenoxy) is 2. The van der Waals surface area contributed by atoms with Crippen molar-refractivity contribution in [2.45, 2.75) is 26.8 Å². The Morgan fingerprint density at radius 3 is 2.71 bits per heavy atom. The lowest BCUT2D eigenvalue weighted by atomic mass is 10.1. The molecule has 0 amide bonds. The first-order chi connectivity index (χ1) is 10.1. The first-order valence-electron chi connectivity index (χ1n) is 7.09. The van der Waals surface area contributed by atoms with Crippen LogP contribution in [-0.4, -0.2) is 37.7 Å². The van der Waals surface area contributed by atoms with Crippen molar-refractivity contribution < 1.29 is 14.3 Å². The van der Waals surface area contributed by atoms with Crippen LogP contribution < -0.4 is 4.74 Å². The molecule has 0 saturated heterocycles. The van der Waals surface area contributed by atoms with Crippen molar-refractivity contribution in [2.24, 2.45) is 0 Å². The van der Waals surface area contributed by atoms with E-state index in [9.17, 15) is 4.79 Å². The Kier molecular flexibility index (Phi) is 7.27. The zero-order chi connectivity index (χ0) is 15.7. The number of nitrogens with zero attached hydrogens (tertiary/aromatic N) is 2. The highest BCUT2D eigenvalue weighted by Crippen LogP contribution is 2.19. The molecule has 0 aromatic heterocycles. The van der Waals surface area contributed by atoms with Crippen molar-refractivity contribution >= 4 is 5.97 Å². The Morgan fingerprint density at radius 1 is 1.38 bits per heavy atom. The molecule has 1 rings (SSSR count). The first kappa shape index (κ1) is 17.0. The van der Waals surface area contributed by atoms with Crippen molar-refractivity contribution in [3.05, 3.63) is 29.3 Å². The van der Waals surface area contributed by atoms with E-state index in [-0.39, 0.29) is 12.5 Å². The molecule has 0 aliphatic heterocycles. The Labute approximate surface area is 126 Å². The van der Waals surface area contributed by atoms with Crippen LogP contribution >= 0.6 is 0 Å². The molecule has 0 heterocycles. The van der Waals surface area contributed by atoms with Gasteiger partial charge in [0, 0.05) is 6.54 Å². The highest BCUT2D eigenvalue weighted by Gasteiger charge is 2.12. The Balaban J connectivity index is 2.79. The summed E-state index contributed by atoms with van der Waals surface area (Å²) in [5.41, 5.74) is 1.48. The fourth-order valence-electron chi connectivity index (χ4n) is 2.12. The van der Waals surface area contributed by atoms with Crippen molar-refractivity contribution in [3.8, 4) is 11.8 Å². The molecule has 0 aliphatic carbocycles. The van der Waals surface area contributed by atoms with Crippen molar-refractivity contribution in [1.29, 1.82) is 5.26 Å². The summed E-state index contributed by atoms with van der Waals surface area (Å²) in [5, 5.41) is 9.11. The normalized spacial score (nSPS) is 10.2. The van der Waals surface area contributed by atoms with E-state index in [0.29, 0.717) is 24.5 Å². The average Bonchev–Trinajstić information content (AvgIpc) is 2.47. The molecule has 0 N–H and O–H groups in total. The zero-order valence-corrected chi connectivity index (χ0v) is 12.9. The molecule has 5 heteroatoms. The summed E-state index contributed by atoms with van der Waals surface area (Å²) in [7, 11) is 1.54. The third-order valence-corrected chi connectivity index (χ3v) is 2.99. The molecule has 5 nitrogen and oxygen atoms in total. The maximum Gasteiger partial charge on any atom is 0.320 e. The van der Waals surface area contributed by atoms with Gasteiger partial charge in [0.25, 0.3) is 0 Å². The molecule has 0 aliphatic rings. The predicted molar refractivity (Wildman–Crippen MR) is 79.9 cm³/mol. The van der Waals surface area contributed by atoms with Gasteiger partial charge in [0.1, 0.15) is 11.8 Å². The van der Waals surface area contributed by atoms with E-state index in [1.807, 2.05) is 11.0 Å². The second-order valence-corrected chi connectivity index (χ2v) is 4.66. The van der Waals surface area contributed by atoms with Gasteiger partial charge in [-0.25, -0.2) is 0 Å². The van der Waals surface area contributed by atoms with E-state index >= 15 is 0 Å². The van der Waals surface area contributed by atoms with Crippen LogP contribution in [0.5, 0.6) is 5.75 Å². The molecule has 0 atom stereocenters. The van der Waals surface area contributed by atoms with Gasteiger partial charge in [0.15, 0.2) is 0 Å². The molecule has 0 saturated carbocycles. The van der Waals surface area contributed by atoms with Gasteiger partial charge in [-0.05, 0) is 37.6 Å². The topological polar surface area (TPSA) is 62.6 Å². The number of hydrogen-bond acceptors (Lipinski definition) is 5. The maximum atomic E-state index is 11.6. The number of rotatable bonds is 8. The SMILES string of the molecule is CCCN(CC(=O)OCC)Cc1ccc(OC)c(C#N)c1. The van der Waals surface area contributed by atoms with Gasteiger partial charge in [-0.1, -0.05) is 13.0 Å². The van der Waals surface area contributed by atoms with E-state index < -0.39 is 0 Å². The molecule has 114 valence electrons. The van der Waals surface area contributed by atoms with Gasteiger partial charge in [0.2, 0.25) is 0 Å². The van der Waals surface area contributed by atoms with Gasteiger partial charge in [0.05, 0.1) is 25.8 Å². The van der Waals surface area contributed by atoms with Gasteiger partial charge < -0.3 is 9.47 Å². The van der Waals surface area contributed by atoms with Crippen LogP contribution in [0.4, 0.5) is 0 Å². The molecule has 0 radical (unpaired) electrons. The molecular formula is C16H22N2O3. The van der Waals surface area contributed by atoms with E-state index in [1.54, 1.807) is 26.2 Å². The van der Waals surface area contributed by atoms with Gasteiger partial charge in [-0.15, -0.1) is 0 Å². The molecule has 21 heavy (non-hydrogen) atoms. The van der Waals surface area contributed by atoms with Crippen LogP contribution in [0.2, 0.25) is 0 Å². The standard InChI is InChI=1S/C16H22N2O3/c1-4-8-18(12-16(19)21-5-2)11-13-6-7-15(20-3)14(9-13)10-17/h6-7,9H,4-5,8,11-12H2,1-3H3. The lowest BCUT2D eigenvalue weighted by Crippen LogP contribution is -2.31. The van der Waals surface area contributed by atoms with E-state index in [1.165, 1.54) is 0 Å². The molecule has 0 fully saturated rings. The number of esters is 1. The fraction of sp³-hybridized carbons (Fsp3) is 0.500.